The first-order valence-electron chi connectivity index (χ1n) is 7.47. The number of carboxylic acids is 1. The number of carboxylic acid groups (broad SMARTS) is 1. The third-order valence-corrected chi connectivity index (χ3v) is 6.21. The van der Waals surface area contributed by atoms with Crippen LogP contribution in [0.1, 0.15) is 12.8 Å². The minimum atomic E-state index is -4.10. The van der Waals surface area contributed by atoms with Crippen molar-refractivity contribution in [2.45, 2.75) is 17.7 Å². The van der Waals surface area contributed by atoms with Gasteiger partial charge in [0, 0.05) is 28.7 Å². The molecular formula is C16H15IN2O6S. The minimum absolute atomic E-state index is 0.0582. The van der Waals surface area contributed by atoms with Crippen molar-refractivity contribution in [1.82, 2.24) is 0 Å². The molecule has 2 aromatic carbocycles. The summed E-state index contributed by atoms with van der Waals surface area (Å²) in [5.74, 6) is -1.03. The van der Waals surface area contributed by atoms with Gasteiger partial charge in [-0.3, -0.25) is 19.2 Å². The molecule has 2 rings (SSSR count). The molecule has 0 aromatic heterocycles. The number of benzene rings is 2. The number of nitro benzene ring substituents is 1. The zero-order valence-electron chi connectivity index (χ0n) is 13.4. The number of aliphatic carboxylic acids is 1. The average Bonchev–Trinajstić information content (AvgIpc) is 2.59. The normalized spacial score (nSPS) is 11.1. The van der Waals surface area contributed by atoms with E-state index in [1.165, 1.54) is 18.2 Å². The topological polar surface area (TPSA) is 118 Å². The van der Waals surface area contributed by atoms with Gasteiger partial charge in [0.25, 0.3) is 15.7 Å². The quantitative estimate of drug-likeness (QED) is 0.345. The van der Waals surface area contributed by atoms with E-state index in [1.807, 2.05) is 22.6 Å². The summed E-state index contributed by atoms with van der Waals surface area (Å²) < 4.78 is 27.9. The molecule has 10 heteroatoms. The number of nitrogens with zero attached hydrogens (tertiary/aromatic N) is 2. The van der Waals surface area contributed by atoms with Crippen molar-refractivity contribution < 1.29 is 23.2 Å². The molecule has 0 aliphatic rings. The number of hydrogen-bond acceptors (Lipinski definition) is 5. The van der Waals surface area contributed by atoms with E-state index in [1.54, 1.807) is 24.3 Å². The van der Waals surface area contributed by atoms with Crippen LogP contribution in [0.3, 0.4) is 0 Å². The fourth-order valence-corrected chi connectivity index (χ4v) is 4.69. The average molecular weight is 490 g/mol. The fraction of sp³-hybridized carbons (Fsp3) is 0.188. The number of para-hydroxylation sites is 1. The molecule has 0 saturated carbocycles. The highest BCUT2D eigenvalue weighted by molar-refractivity contribution is 14.1. The molecule has 0 atom stereocenters. The van der Waals surface area contributed by atoms with E-state index in [0.29, 0.717) is 9.26 Å². The Balaban J connectivity index is 2.49. The van der Waals surface area contributed by atoms with Crippen molar-refractivity contribution in [2.75, 3.05) is 10.8 Å². The van der Waals surface area contributed by atoms with Crippen molar-refractivity contribution in [2.24, 2.45) is 0 Å². The lowest BCUT2D eigenvalue weighted by molar-refractivity contribution is -0.385. The van der Waals surface area contributed by atoms with Crippen LogP contribution >= 0.6 is 22.6 Å². The maximum atomic E-state index is 13.1. The fourth-order valence-electron chi connectivity index (χ4n) is 2.28. The second-order valence-corrected chi connectivity index (χ2v) is 8.30. The second-order valence-electron chi connectivity index (χ2n) is 5.28. The molecule has 8 nitrogen and oxygen atoms in total. The Morgan fingerprint density at radius 2 is 1.88 bits per heavy atom. The largest absolute Gasteiger partial charge is 0.481 e. The summed E-state index contributed by atoms with van der Waals surface area (Å²) in [6.45, 7) is -0.0582. The molecule has 0 bridgehead atoms. The number of sulfonamides is 1. The molecule has 0 fully saturated rings. The minimum Gasteiger partial charge on any atom is -0.481 e. The molecule has 0 saturated heterocycles. The predicted octanol–water partition coefficient (Wildman–Crippen LogP) is 3.26. The molecule has 138 valence electrons. The summed E-state index contributed by atoms with van der Waals surface area (Å²) >= 11 is 1.99. The first kappa shape index (κ1) is 20.1. The van der Waals surface area contributed by atoms with E-state index in [2.05, 4.69) is 0 Å². The molecule has 0 aliphatic carbocycles. The first-order valence-corrected chi connectivity index (χ1v) is 9.99. The van der Waals surface area contributed by atoms with E-state index >= 15 is 0 Å². The van der Waals surface area contributed by atoms with Gasteiger partial charge in [0.15, 0.2) is 0 Å². The number of halogens is 1. The number of hydrogen-bond donors (Lipinski definition) is 1. The van der Waals surface area contributed by atoms with Gasteiger partial charge in [-0.2, -0.15) is 0 Å². The number of rotatable bonds is 8. The summed E-state index contributed by atoms with van der Waals surface area (Å²) in [4.78, 5) is 20.8. The van der Waals surface area contributed by atoms with Gasteiger partial charge >= 0.3 is 5.97 Å². The smallest absolute Gasteiger partial charge is 0.303 e. The lowest BCUT2D eigenvalue weighted by Gasteiger charge is -2.25. The third kappa shape index (κ3) is 4.69. The molecule has 0 amide bonds. The molecule has 1 N–H and O–H groups in total. The Bertz CT molecular complexity index is 932. The van der Waals surface area contributed by atoms with Crippen LogP contribution in [0.5, 0.6) is 0 Å². The number of anilines is 1. The predicted molar refractivity (Wildman–Crippen MR) is 104 cm³/mol. The molecule has 0 aliphatic heterocycles. The Labute approximate surface area is 163 Å². The van der Waals surface area contributed by atoms with Crippen molar-refractivity contribution in [3.8, 4) is 0 Å². The van der Waals surface area contributed by atoms with Gasteiger partial charge in [0.2, 0.25) is 0 Å². The van der Waals surface area contributed by atoms with Crippen LogP contribution in [-0.2, 0) is 14.8 Å². The number of non-ortho nitro benzene ring substituents is 1. The van der Waals surface area contributed by atoms with Gasteiger partial charge in [-0.25, -0.2) is 8.42 Å². The van der Waals surface area contributed by atoms with Gasteiger partial charge in [0.05, 0.1) is 15.5 Å². The van der Waals surface area contributed by atoms with Crippen LogP contribution < -0.4 is 4.31 Å². The molecular weight excluding hydrogens is 475 g/mol. The highest BCUT2D eigenvalue weighted by Crippen LogP contribution is 2.29. The number of nitro groups is 1. The summed E-state index contributed by atoms with van der Waals surface area (Å²) in [6, 6.07) is 11.5. The van der Waals surface area contributed by atoms with E-state index < -0.39 is 20.9 Å². The van der Waals surface area contributed by atoms with Crippen molar-refractivity contribution in [3.63, 3.8) is 0 Å². The third-order valence-electron chi connectivity index (χ3n) is 3.49. The molecule has 0 heterocycles. The summed E-state index contributed by atoms with van der Waals surface area (Å²) in [6.07, 6.45) is -0.0845. The van der Waals surface area contributed by atoms with E-state index in [4.69, 9.17) is 5.11 Å². The SMILES string of the molecule is O=C(O)CCCN(c1ccccc1I)S(=O)(=O)c1cccc([N+](=O)[O-])c1. The Hall–Kier alpha value is -2.21. The molecule has 2 aromatic rings. The standard InChI is InChI=1S/C16H15IN2O6S/c17-14-7-1-2-8-15(14)18(10-4-9-16(20)21)26(24,25)13-6-3-5-12(11-13)19(22)23/h1-3,5-8,11H,4,9-10H2,(H,20,21). The van der Waals surface area contributed by atoms with Crippen LogP contribution in [0.15, 0.2) is 53.4 Å². The van der Waals surface area contributed by atoms with Gasteiger partial charge < -0.3 is 5.11 Å². The second kappa shape index (κ2) is 8.45. The molecule has 26 heavy (non-hydrogen) atoms. The Morgan fingerprint density at radius 3 is 2.50 bits per heavy atom. The van der Waals surface area contributed by atoms with E-state index in [0.717, 1.165) is 10.4 Å². The van der Waals surface area contributed by atoms with Crippen LogP contribution in [0.25, 0.3) is 0 Å². The van der Waals surface area contributed by atoms with Crippen molar-refractivity contribution in [1.29, 1.82) is 0 Å². The van der Waals surface area contributed by atoms with Crippen LogP contribution in [-0.4, -0.2) is 31.0 Å². The molecule has 0 unspecified atom stereocenters. The van der Waals surface area contributed by atoms with Gasteiger partial charge in [-0.1, -0.05) is 18.2 Å². The molecule has 0 radical (unpaired) electrons. The Kier molecular flexibility index (Phi) is 6.53. The Morgan fingerprint density at radius 1 is 1.19 bits per heavy atom. The van der Waals surface area contributed by atoms with Gasteiger partial charge in [0.1, 0.15) is 0 Å². The van der Waals surface area contributed by atoms with Crippen LogP contribution in [0.2, 0.25) is 0 Å². The zero-order chi connectivity index (χ0) is 19.3. The van der Waals surface area contributed by atoms with Crippen LogP contribution in [0, 0.1) is 13.7 Å². The van der Waals surface area contributed by atoms with E-state index in [9.17, 15) is 23.3 Å². The summed E-state index contributed by atoms with van der Waals surface area (Å²) in [5, 5.41) is 19.8. The molecule has 0 spiro atoms. The lowest BCUT2D eigenvalue weighted by Crippen LogP contribution is -2.33. The summed E-state index contributed by atoms with van der Waals surface area (Å²) in [7, 11) is -4.10. The van der Waals surface area contributed by atoms with Gasteiger partial charge in [-0.15, -0.1) is 0 Å². The summed E-state index contributed by atoms with van der Waals surface area (Å²) in [5.41, 5.74) is 0.0596. The van der Waals surface area contributed by atoms with E-state index in [-0.39, 0.29) is 30.0 Å². The van der Waals surface area contributed by atoms with Crippen molar-refractivity contribution >= 4 is 50.0 Å². The maximum Gasteiger partial charge on any atom is 0.303 e. The highest BCUT2D eigenvalue weighted by Gasteiger charge is 2.27. The first-order chi connectivity index (χ1) is 12.2. The lowest BCUT2D eigenvalue weighted by atomic mass is 10.3. The van der Waals surface area contributed by atoms with Crippen LogP contribution in [0.4, 0.5) is 11.4 Å². The van der Waals surface area contributed by atoms with Gasteiger partial charge in [-0.05, 0) is 47.2 Å². The monoisotopic (exact) mass is 490 g/mol. The maximum absolute atomic E-state index is 13.1. The number of carbonyl (C=O) groups is 1. The zero-order valence-corrected chi connectivity index (χ0v) is 16.4. The highest BCUT2D eigenvalue weighted by atomic mass is 127. The van der Waals surface area contributed by atoms with Crippen molar-refractivity contribution in [3.05, 3.63) is 62.2 Å².